The van der Waals surface area contributed by atoms with Crippen LogP contribution in [-0.4, -0.2) is 34.8 Å². The molecule has 4 heterocycles. The van der Waals surface area contributed by atoms with Crippen molar-refractivity contribution in [2.75, 3.05) is 6.54 Å². The van der Waals surface area contributed by atoms with Gasteiger partial charge in [0.15, 0.2) is 0 Å². The van der Waals surface area contributed by atoms with Crippen molar-refractivity contribution in [3.05, 3.63) is 60.6 Å². The Morgan fingerprint density at radius 1 is 0.971 bits per heavy atom. The third-order valence-electron chi connectivity index (χ3n) is 7.54. The van der Waals surface area contributed by atoms with Crippen LogP contribution in [0.15, 0.2) is 54.7 Å². The molecule has 0 saturated carbocycles. The molecule has 1 atom stereocenters. The van der Waals surface area contributed by atoms with Gasteiger partial charge in [-0.15, -0.1) is 11.3 Å². The predicted molar refractivity (Wildman–Crippen MR) is 141 cm³/mol. The first-order valence-corrected chi connectivity index (χ1v) is 12.9. The maximum Gasteiger partial charge on any atom is 0.494 e. The molecule has 0 aliphatic carbocycles. The molecule has 1 unspecified atom stereocenters. The fraction of sp³-hybridized carbons (Fsp3) is 0.370. The lowest BCUT2D eigenvalue weighted by atomic mass is 9.79. The molecule has 2 aromatic heterocycles. The van der Waals surface area contributed by atoms with Crippen LogP contribution in [0.25, 0.3) is 31.8 Å². The Hall–Kier alpha value is -2.45. The van der Waals surface area contributed by atoms with E-state index < -0.39 is 0 Å². The van der Waals surface area contributed by atoms with E-state index in [2.05, 4.69) is 91.5 Å². The van der Waals surface area contributed by atoms with Gasteiger partial charge in [-0.2, -0.15) is 0 Å². The number of nitrogens with zero attached hydrogens (tertiary/aromatic N) is 1. The molecule has 0 spiro atoms. The monoisotopic (exact) mass is 471 g/mol. The van der Waals surface area contributed by atoms with E-state index in [9.17, 15) is 0 Å². The molecule has 2 N–H and O–H groups in total. The fourth-order valence-corrected chi connectivity index (χ4v) is 5.82. The van der Waals surface area contributed by atoms with E-state index in [-0.39, 0.29) is 18.3 Å². The summed E-state index contributed by atoms with van der Waals surface area (Å²) in [6.45, 7) is 9.44. The van der Waals surface area contributed by atoms with E-state index in [0.717, 1.165) is 35.5 Å². The molecule has 2 fully saturated rings. The summed E-state index contributed by atoms with van der Waals surface area (Å²) in [6.07, 6.45) is 4.30. The summed E-state index contributed by atoms with van der Waals surface area (Å²) in [4.78, 5) is 9.37. The number of aromatic nitrogens is 2. The second-order valence-corrected chi connectivity index (χ2v) is 11.5. The average molecular weight is 471 g/mol. The molecule has 5 nitrogen and oxygen atoms in total. The van der Waals surface area contributed by atoms with E-state index in [0.29, 0.717) is 6.04 Å². The smallest absolute Gasteiger partial charge is 0.399 e. The van der Waals surface area contributed by atoms with Gasteiger partial charge < -0.3 is 19.6 Å². The molecule has 2 aliphatic heterocycles. The molecule has 0 bridgehead atoms. The summed E-state index contributed by atoms with van der Waals surface area (Å²) in [5.41, 5.74) is 3.85. The number of hydrogen-bond acceptors (Lipinski definition) is 5. The summed E-state index contributed by atoms with van der Waals surface area (Å²) in [5.74, 6) is 1.04. The lowest BCUT2D eigenvalue weighted by molar-refractivity contribution is 0.00578. The quantitative estimate of drug-likeness (QED) is 0.376. The average Bonchev–Trinajstić information content (AvgIpc) is 3.60. The summed E-state index contributed by atoms with van der Waals surface area (Å²) in [7, 11) is -0.335. The molecule has 0 amide bonds. The van der Waals surface area contributed by atoms with Crippen molar-refractivity contribution in [3.8, 4) is 21.7 Å². The summed E-state index contributed by atoms with van der Waals surface area (Å²) < 4.78 is 13.7. The van der Waals surface area contributed by atoms with E-state index >= 15 is 0 Å². The van der Waals surface area contributed by atoms with Crippen LogP contribution in [0, 0.1) is 0 Å². The third-order valence-corrected chi connectivity index (χ3v) is 8.68. The lowest BCUT2D eigenvalue weighted by Crippen LogP contribution is -2.41. The van der Waals surface area contributed by atoms with Gasteiger partial charge in [-0.25, -0.2) is 4.98 Å². The van der Waals surface area contributed by atoms with Gasteiger partial charge in [0.05, 0.1) is 29.1 Å². The van der Waals surface area contributed by atoms with Gasteiger partial charge in [0.2, 0.25) is 0 Å². The van der Waals surface area contributed by atoms with E-state index in [1.165, 1.54) is 26.9 Å². The number of imidazole rings is 1. The highest BCUT2D eigenvalue weighted by molar-refractivity contribution is 7.22. The highest BCUT2D eigenvalue weighted by atomic mass is 32.1. The zero-order valence-corrected chi connectivity index (χ0v) is 21.0. The molecule has 6 rings (SSSR count). The minimum absolute atomic E-state index is 0.335. The van der Waals surface area contributed by atoms with Crippen molar-refractivity contribution < 1.29 is 9.31 Å². The molecule has 2 aliphatic rings. The van der Waals surface area contributed by atoms with Gasteiger partial charge in [-0.1, -0.05) is 36.4 Å². The normalized spacial score (nSPS) is 21.5. The van der Waals surface area contributed by atoms with Crippen LogP contribution in [0.4, 0.5) is 0 Å². The van der Waals surface area contributed by atoms with Crippen LogP contribution < -0.4 is 10.8 Å². The van der Waals surface area contributed by atoms with Crippen LogP contribution in [-0.2, 0) is 9.31 Å². The second-order valence-electron chi connectivity index (χ2n) is 10.4. The van der Waals surface area contributed by atoms with Gasteiger partial charge in [-0.3, -0.25) is 0 Å². The SMILES string of the molecule is CC1(C)OB(c2ccc3cc(-c4ccc(-c5cnc(C6CCCN6)[nH]5)cc4)sc3c2)OC1(C)C. The maximum atomic E-state index is 6.25. The van der Waals surface area contributed by atoms with Crippen LogP contribution >= 0.6 is 11.3 Å². The van der Waals surface area contributed by atoms with Crippen molar-refractivity contribution in [2.24, 2.45) is 0 Å². The van der Waals surface area contributed by atoms with Crippen LogP contribution in [0.3, 0.4) is 0 Å². The Bertz CT molecular complexity index is 1320. The zero-order valence-electron chi connectivity index (χ0n) is 20.1. The summed E-state index contributed by atoms with van der Waals surface area (Å²) in [5, 5.41) is 4.74. The number of rotatable bonds is 4. The van der Waals surface area contributed by atoms with Gasteiger partial charge in [0, 0.05) is 9.58 Å². The van der Waals surface area contributed by atoms with E-state index in [1.54, 1.807) is 11.3 Å². The molecule has 2 aromatic carbocycles. The fourth-order valence-electron chi connectivity index (χ4n) is 4.71. The van der Waals surface area contributed by atoms with E-state index in [4.69, 9.17) is 9.31 Å². The topological polar surface area (TPSA) is 59.2 Å². The maximum absolute atomic E-state index is 6.25. The van der Waals surface area contributed by atoms with Crippen molar-refractivity contribution in [1.29, 1.82) is 0 Å². The molecule has 34 heavy (non-hydrogen) atoms. The first-order chi connectivity index (χ1) is 16.3. The Labute approximate surface area is 205 Å². The first-order valence-electron chi connectivity index (χ1n) is 12.1. The lowest BCUT2D eigenvalue weighted by Gasteiger charge is -2.32. The molecular weight excluding hydrogens is 441 g/mol. The Morgan fingerprint density at radius 3 is 2.41 bits per heavy atom. The predicted octanol–water partition coefficient (Wildman–Crippen LogP) is 5.68. The Kier molecular flexibility index (Phi) is 5.22. The van der Waals surface area contributed by atoms with Gasteiger partial charge in [-0.05, 0) is 81.2 Å². The number of hydrogen-bond donors (Lipinski definition) is 2. The van der Waals surface area contributed by atoms with Crippen LogP contribution in [0.5, 0.6) is 0 Å². The molecule has 7 heteroatoms. The minimum Gasteiger partial charge on any atom is -0.399 e. The van der Waals surface area contributed by atoms with Crippen molar-refractivity contribution in [1.82, 2.24) is 15.3 Å². The van der Waals surface area contributed by atoms with Gasteiger partial charge >= 0.3 is 7.12 Å². The second kappa shape index (κ2) is 8.06. The van der Waals surface area contributed by atoms with E-state index in [1.807, 2.05) is 6.20 Å². The number of fused-ring (bicyclic) bond motifs is 1. The zero-order chi connectivity index (χ0) is 23.5. The highest BCUT2D eigenvalue weighted by Crippen LogP contribution is 2.38. The van der Waals surface area contributed by atoms with Crippen LogP contribution in [0.1, 0.15) is 52.4 Å². The standard InChI is InChI=1S/C27H30BN3O2S/c1-26(2)27(3,4)33-28(32-26)20-12-11-19-14-23(34-24(19)15-20)18-9-7-17(8-10-18)22-16-30-25(31-22)21-6-5-13-29-21/h7-12,14-16,21,29H,5-6,13H2,1-4H3,(H,30,31). The third kappa shape index (κ3) is 3.81. The summed E-state index contributed by atoms with van der Waals surface area (Å²) >= 11 is 1.81. The van der Waals surface area contributed by atoms with Gasteiger partial charge in [0.25, 0.3) is 0 Å². The Balaban J connectivity index is 1.23. The molecule has 174 valence electrons. The van der Waals surface area contributed by atoms with Crippen molar-refractivity contribution in [3.63, 3.8) is 0 Å². The number of thiophene rings is 1. The van der Waals surface area contributed by atoms with Gasteiger partial charge in [0.1, 0.15) is 5.82 Å². The Morgan fingerprint density at radius 2 is 1.71 bits per heavy atom. The largest absolute Gasteiger partial charge is 0.494 e. The number of benzene rings is 2. The van der Waals surface area contributed by atoms with Crippen molar-refractivity contribution >= 4 is 34.0 Å². The van der Waals surface area contributed by atoms with Crippen molar-refractivity contribution in [2.45, 2.75) is 57.8 Å². The minimum atomic E-state index is -0.335. The molecule has 0 radical (unpaired) electrons. The summed E-state index contributed by atoms with van der Waals surface area (Å²) in [6, 6.07) is 17.9. The number of nitrogens with one attached hydrogen (secondary N) is 2. The molecule has 2 saturated heterocycles. The number of aromatic amines is 1. The first kappa shape index (κ1) is 22.0. The van der Waals surface area contributed by atoms with Crippen LogP contribution in [0.2, 0.25) is 0 Å². The highest BCUT2D eigenvalue weighted by Gasteiger charge is 2.51. The molecule has 4 aromatic rings. The molecular formula is C27H30BN3O2S. The number of H-pyrrole nitrogens is 1.